The molecule has 1 aliphatic heterocycles. The maximum absolute atomic E-state index is 5.90. The molecule has 1 unspecified atom stereocenters. The monoisotopic (exact) mass is 394 g/mol. The second-order valence-electron chi connectivity index (χ2n) is 6.87. The second kappa shape index (κ2) is 8.28. The summed E-state index contributed by atoms with van der Waals surface area (Å²) in [7, 11) is 4.70. The Morgan fingerprint density at radius 3 is 2.41 bits per heavy atom. The molecule has 1 aliphatic rings. The van der Waals surface area contributed by atoms with E-state index in [1.807, 2.05) is 48.5 Å². The van der Waals surface area contributed by atoms with Crippen molar-refractivity contribution in [1.82, 2.24) is 10.2 Å². The van der Waals surface area contributed by atoms with E-state index >= 15 is 0 Å². The molecule has 0 amide bonds. The van der Waals surface area contributed by atoms with Crippen molar-refractivity contribution in [3.05, 3.63) is 101 Å². The molecule has 1 N–H and O–H groups in total. The lowest BCUT2D eigenvalue weighted by atomic mass is 9.96. The lowest BCUT2D eigenvalue weighted by Crippen LogP contribution is -2.31. The molecule has 0 fully saturated rings. The van der Waals surface area contributed by atoms with Gasteiger partial charge in [0.15, 0.2) is 0 Å². The van der Waals surface area contributed by atoms with Gasteiger partial charge in [-0.05, 0) is 41.1 Å². The molecule has 0 aromatic heterocycles. The van der Waals surface area contributed by atoms with E-state index in [1.54, 1.807) is 0 Å². The average Bonchev–Trinajstić information content (AvgIpc) is 2.71. The van der Waals surface area contributed by atoms with Gasteiger partial charge < -0.3 is 10.2 Å². The minimum absolute atomic E-state index is 0.694. The van der Waals surface area contributed by atoms with Crippen LogP contribution >= 0.6 is 9.24 Å². The van der Waals surface area contributed by atoms with Gasteiger partial charge in [-0.3, -0.25) is 0 Å². The Kier molecular flexibility index (Phi) is 5.79. The Morgan fingerprint density at radius 1 is 1.14 bits per heavy atom. The smallest absolute Gasteiger partial charge is 0.126 e. The maximum atomic E-state index is 5.90. The first kappa shape index (κ1) is 20.3. The molecular formula is C26H23N2P. The van der Waals surface area contributed by atoms with Crippen molar-refractivity contribution in [2.45, 2.75) is 6.92 Å². The summed E-state index contributed by atoms with van der Waals surface area (Å²) in [5, 5.41) is 4.40. The van der Waals surface area contributed by atoms with Crippen LogP contribution in [0.3, 0.4) is 0 Å². The summed E-state index contributed by atoms with van der Waals surface area (Å²) in [6.07, 6.45) is 13.3. The van der Waals surface area contributed by atoms with Crippen LogP contribution in [0.4, 0.5) is 0 Å². The van der Waals surface area contributed by atoms with E-state index in [1.165, 1.54) is 5.56 Å². The number of likely N-dealkylation sites (N-methyl/N-ethyl adjacent to an activating group) is 1. The molecule has 0 bridgehead atoms. The molecular weight excluding hydrogens is 371 g/mol. The molecule has 29 heavy (non-hydrogen) atoms. The fourth-order valence-corrected chi connectivity index (χ4v) is 3.80. The van der Waals surface area contributed by atoms with Gasteiger partial charge in [0.25, 0.3) is 0 Å². The Balaban J connectivity index is 2.01. The Bertz CT molecular complexity index is 1150. The standard InChI is InChI=1S/C26H23N2P/c1-7-20-10-12-21(13-11-20)24-16-27-26(28(6)19(24)5)22(8-2)18(4)23-14-9-17(3)15-25(23)29/h1-2,9-16,27H,4-5,29H2,3,6H3/b26-22-. The number of hydrogen-bond acceptors (Lipinski definition) is 2. The normalized spacial score (nSPS) is 15.0. The summed E-state index contributed by atoms with van der Waals surface area (Å²) in [6, 6.07) is 14.0. The molecule has 0 radical (unpaired) electrons. The van der Waals surface area contributed by atoms with Crippen molar-refractivity contribution in [3.63, 3.8) is 0 Å². The molecule has 0 saturated carbocycles. The van der Waals surface area contributed by atoms with Gasteiger partial charge in [-0.1, -0.05) is 60.9 Å². The lowest BCUT2D eigenvalue weighted by molar-refractivity contribution is 0.496. The highest BCUT2D eigenvalue weighted by atomic mass is 31.0. The number of nitrogens with one attached hydrogen (secondary N) is 1. The van der Waals surface area contributed by atoms with Crippen molar-refractivity contribution in [3.8, 4) is 24.7 Å². The van der Waals surface area contributed by atoms with Gasteiger partial charge in [0.05, 0.1) is 5.57 Å². The van der Waals surface area contributed by atoms with Gasteiger partial charge in [-0.2, -0.15) is 0 Å². The third-order valence-corrected chi connectivity index (χ3v) is 5.46. The Labute approximate surface area is 175 Å². The SMILES string of the molecule is C#C/C(C(=C)c1ccc(C)cc1P)=C1\NC=C(c2ccc(C#C)cc2)C(=C)N1C. The third-order valence-electron chi connectivity index (χ3n) is 4.98. The molecule has 2 aromatic carbocycles. The molecule has 0 spiro atoms. The largest absolute Gasteiger partial charge is 0.346 e. The zero-order valence-corrected chi connectivity index (χ0v) is 17.9. The molecule has 1 atom stereocenters. The highest BCUT2D eigenvalue weighted by Gasteiger charge is 2.23. The van der Waals surface area contributed by atoms with E-state index in [4.69, 9.17) is 12.8 Å². The molecule has 3 rings (SSSR count). The van der Waals surface area contributed by atoms with Crippen molar-refractivity contribution in [2.75, 3.05) is 7.05 Å². The van der Waals surface area contributed by atoms with E-state index in [0.717, 1.165) is 44.7 Å². The fourth-order valence-electron chi connectivity index (χ4n) is 3.26. The molecule has 142 valence electrons. The van der Waals surface area contributed by atoms with Crippen LogP contribution < -0.4 is 10.6 Å². The highest BCUT2D eigenvalue weighted by Crippen LogP contribution is 2.32. The molecule has 0 saturated heterocycles. The lowest BCUT2D eigenvalue weighted by Gasteiger charge is -2.32. The van der Waals surface area contributed by atoms with E-state index in [2.05, 4.69) is 58.6 Å². The molecule has 2 aromatic rings. The van der Waals surface area contributed by atoms with Crippen LogP contribution in [0, 0.1) is 31.6 Å². The summed E-state index contributed by atoms with van der Waals surface area (Å²) in [4.78, 5) is 1.96. The number of allylic oxidation sites excluding steroid dienone is 3. The van der Waals surface area contributed by atoms with Gasteiger partial charge in [0.1, 0.15) is 5.82 Å². The quantitative estimate of drug-likeness (QED) is 0.612. The summed E-state index contributed by atoms with van der Waals surface area (Å²) in [6.45, 7) is 10.6. The first-order chi connectivity index (χ1) is 13.9. The highest BCUT2D eigenvalue weighted by molar-refractivity contribution is 7.27. The maximum Gasteiger partial charge on any atom is 0.126 e. The number of benzene rings is 2. The first-order valence-corrected chi connectivity index (χ1v) is 9.68. The van der Waals surface area contributed by atoms with Crippen molar-refractivity contribution in [2.24, 2.45) is 0 Å². The second-order valence-corrected chi connectivity index (χ2v) is 7.49. The van der Waals surface area contributed by atoms with E-state index in [0.29, 0.717) is 5.57 Å². The van der Waals surface area contributed by atoms with Crippen LogP contribution in [0.5, 0.6) is 0 Å². The summed E-state index contributed by atoms with van der Waals surface area (Å²) >= 11 is 0. The zero-order chi connectivity index (χ0) is 21.1. The number of terminal acetylenes is 2. The molecule has 3 heteroatoms. The van der Waals surface area contributed by atoms with E-state index in [9.17, 15) is 0 Å². The van der Waals surface area contributed by atoms with Crippen LogP contribution in [0.15, 0.2) is 78.9 Å². The fraction of sp³-hybridized carbons (Fsp3) is 0.0769. The van der Waals surface area contributed by atoms with Gasteiger partial charge in [-0.25, -0.2) is 0 Å². The number of aryl methyl sites for hydroxylation is 1. The Morgan fingerprint density at radius 2 is 1.83 bits per heavy atom. The molecule has 2 nitrogen and oxygen atoms in total. The van der Waals surface area contributed by atoms with Gasteiger partial charge in [-0.15, -0.1) is 22.1 Å². The number of nitrogens with zero attached hydrogens (tertiary/aromatic N) is 1. The van der Waals surface area contributed by atoms with Crippen LogP contribution in [0.25, 0.3) is 11.1 Å². The third kappa shape index (κ3) is 3.90. The summed E-state index contributed by atoms with van der Waals surface area (Å²) < 4.78 is 0. The van der Waals surface area contributed by atoms with Gasteiger partial charge in [0, 0.05) is 30.1 Å². The van der Waals surface area contributed by atoms with Crippen molar-refractivity contribution in [1.29, 1.82) is 0 Å². The van der Waals surface area contributed by atoms with Crippen molar-refractivity contribution >= 4 is 25.7 Å². The van der Waals surface area contributed by atoms with Crippen LogP contribution in [0.1, 0.15) is 22.3 Å². The zero-order valence-electron chi connectivity index (χ0n) is 16.7. The first-order valence-electron chi connectivity index (χ1n) is 9.10. The van der Waals surface area contributed by atoms with Crippen LogP contribution in [-0.4, -0.2) is 11.9 Å². The predicted molar refractivity (Wildman–Crippen MR) is 128 cm³/mol. The van der Waals surface area contributed by atoms with Crippen LogP contribution in [0.2, 0.25) is 0 Å². The average molecular weight is 394 g/mol. The van der Waals surface area contributed by atoms with Gasteiger partial charge >= 0.3 is 0 Å². The summed E-state index contributed by atoms with van der Waals surface area (Å²) in [5.41, 5.74) is 7.35. The summed E-state index contributed by atoms with van der Waals surface area (Å²) in [5.74, 6) is 6.21. The molecule has 0 aliphatic carbocycles. The topological polar surface area (TPSA) is 15.3 Å². The number of hydrogen-bond donors (Lipinski definition) is 1. The minimum Gasteiger partial charge on any atom is -0.346 e. The van der Waals surface area contributed by atoms with Gasteiger partial charge in [0.2, 0.25) is 0 Å². The van der Waals surface area contributed by atoms with Crippen molar-refractivity contribution < 1.29 is 0 Å². The Hall–Kier alpha value is -3.45. The van der Waals surface area contributed by atoms with E-state index in [-0.39, 0.29) is 0 Å². The van der Waals surface area contributed by atoms with E-state index < -0.39 is 0 Å². The molecule has 1 heterocycles. The predicted octanol–water partition coefficient (Wildman–Crippen LogP) is 4.42. The minimum atomic E-state index is 0.694. The van der Waals surface area contributed by atoms with Crippen LogP contribution in [-0.2, 0) is 0 Å². The number of rotatable bonds is 3.